The van der Waals surface area contributed by atoms with Crippen molar-refractivity contribution < 1.29 is 19.0 Å². The van der Waals surface area contributed by atoms with E-state index in [2.05, 4.69) is 34.9 Å². The minimum Gasteiger partial charge on any atom is -0.449 e. The van der Waals surface area contributed by atoms with Gasteiger partial charge in [-0.15, -0.1) is 0 Å². The summed E-state index contributed by atoms with van der Waals surface area (Å²) in [4.78, 5) is 12.1. The van der Waals surface area contributed by atoms with Crippen molar-refractivity contribution in [2.75, 3.05) is 46.1 Å². The zero-order valence-electron chi connectivity index (χ0n) is 18.0. The molecule has 6 heteroatoms. The van der Waals surface area contributed by atoms with Crippen molar-refractivity contribution in [3.63, 3.8) is 0 Å². The summed E-state index contributed by atoms with van der Waals surface area (Å²) >= 11 is 0. The largest absolute Gasteiger partial charge is 0.449 e. The monoisotopic (exact) mass is 424 g/mol. The van der Waals surface area contributed by atoms with Crippen LogP contribution in [0.1, 0.15) is 36.3 Å². The summed E-state index contributed by atoms with van der Waals surface area (Å²) in [6.07, 6.45) is 2.88. The molecule has 1 fully saturated rings. The number of hydrogen-bond acceptors (Lipinski definition) is 5. The number of carbonyl (C=O) groups is 1. The van der Waals surface area contributed by atoms with Crippen LogP contribution in [-0.2, 0) is 14.2 Å². The lowest BCUT2D eigenvalue weighted by atomic mass is 9.98. The minimum absolute atomic E-state index is 0.0847. The van der Waals surface area contributed by atoms with Gasteiger partial charge >= 0.3 is 6.09 Å². The van der Waals surface area contributed by atoms with Crippen LogP contribution in [0.5, 0.6) is 0 Å². The van der Waals surface area contributed by atoms with Crippen molar-refractivity contribution >= 4 is 6.09 Å². The molecule has 0 spiro atoms. The first-order chi connectivity index (χ1) is 15.3. The average Bonchev–Trinajstić information content (AvgIpc) is 3.14. The van der Waals surface area contributed by atoms with E-state index in [0.717, 1.165) is 32.4 Å². The van der Waals surface area contributed by atoms with Crippen molar-refractivity contribution in [2.24, 2.45) is 0 Å². The van der Waals surface area contributed by atoms with Crippen LogP contribution >= 0.6 is 0 Å². The highest BCUT2D eigenvalue weighted by atomic mass is 16.5. The number of ether oxygens (including phenoxy) is 3. The van der Waals surface area contributed by atoms with Crippen LogP contribution in [0.3, 0.4) is 0 Å². The van der Waals surface area contributed by atoms with Crippen LogP contribution in [0.4, 0.5) is 4.79 Å². The normalized spacial score (nSPS) is 16.0. The molecule has 1 aliphatic heterocycles. The van der Waals surface area contributed by atoms with Gasteiger partial charge < -0.3 is 24.8 Å². The molecule has 0 bridgehead atoms. The molecule has 0 unspecified atom stereocenters. The number of piperidine rings is 1. The SMILES string of the molecule is O=C(NCCCOCCOC1CCNCC1)OCC1c2ccccc2-c2ccccc21. The van der Waals surface area contributed by atoms with Crippen molar-refractivity contribution in [1.82, 2.24) is 10.6 Å². The van der Waals surface area contributed by atoms with Crippen LogP contribution in [0.15, 0.2) is 48.5 Å². The first kappa shape index (κ1) is 21.8. The Bertz CT molecular complexity index is 805. The van der Waals surface area contributed by atoms with E-state index < -0.39 is 0 Å². The first-order valence-electron chi connectivity index (χ1n) is 11.3. The van der Waals surface area contributed by atoms with Gasteiger partial charge in [-0.2, -0.15) is 0 Å². The van der Waals surface area contributed by atoms with Crippen molar-refractivity contribution in [1.29, 1.82) is 0 Å². The number of alkyl carbamates (subject to hydrolysis) is 1. The molecule has 166 valence electrons. The molecule has 2 aromatic carbocycles. The van der Waals surface area contributed by atoms with Crippen molar-refractivity contribution in [3.8, 4) is 11.1 Å². The topological polar surface area (TPSA) is 68.8 Å². The van der Waals surface area contributed by atoms with Gasteiger partial charge in [-0.3, -0.25) is 0 Å². The van der Waals surface area contributed by atoms with Gasteiger partial charge in [0.15, 0.2) is 0 Å². The number of amides is 1. The summed E-state index contributed by atoms with van der Waals surface area (Å²) in [6.45, 7) is 4.76. The summed E-state index contributed by atoms with van der Waals surface area (Å²) in [5.41, 5.74) is 4.90. The molecule has 4 rings (SSSR count). The quantitative estimate of drug-likeness (QED) is 0.569. The van der Waals surface area contributed by atoms with E-state index in [1.54, 1.807) is 0 Å². The molecule has 0 radical (unpaired) electrons. The predicted molar refractivity (Wildman–Crippen MR) is 120 cm³/mol. The Balaban J connectivity index is 1.10. The van der Waals surface area contributed by atoms with Gasteiger partial charge in [0.05, 0.1) is 19.3 Å². The number of rotatable bonds is 10. The number of hydrogen-bond donors (Lipinski definition) is 2. The Labute approximate surface area is 184 Å². The van der Waals surface area contributed by atoms with E-state index in [9.17, 15) is 4.79 Å². The third-order valence-corrected chi connectivity index (χ3v) is 5.95. The first-order valence-corrected chi connectivity index (χ1v) is 11.3. The lowest BCUT2D eigenvalue weighted by Crippen LogP contribution is -2.33. The highest BCUT2D eigenvalue weighted by Crippen LogP contribution is 2.44. The summed E-state index contributed by atoms with van der Waals surface area (Å²) in [6, 6.07) is 16.7. The van der Waals surface area contributed by atoms with Crippen LogP contribution in [0, 0.1) is 0 Å². The fraction of sp³-hybridized carbons (Fsp3) is 0.480. The molecule has 2 aromatic rings. The highest BCUT2D eigenvalue weighted by Gasteiger charge is 2.28. The molecular formula is C25H32N2O4. The van der Waals surface area contributed by atoms with Gasteiger partial charge in [0, 0.05) is 19.1 Å². The maximum absolute atomic E-state index is 12.1. The second-order valence-corrected chi connectivity index (χ2v) is 8.04. The predicted octanol–water partition coefficient (Wildman–Crippen LogP) is 3.70. The van der Waals surface area contributed by atoms with E-state index in [-0.39, 0.29) is 12.0 Å². The molecule has 0 atom stereocenters. The summed E-state index contributed by atoms with van der Waals surface area (Å²) in [5, 5.41) is 6.14. The van der Waals surface area contributed by atoms with Crippen LogP contribution < -0.4 is 10.6 Å². The van der Waals surface area contributed by atoms with Gasteiger partial charge in [-0.05, 0) is 54.6 Å². The third kappa shape index (κ3) is 5.85. The molecule has 0 saturated carbocycles. The van der Waals surface area contributed by atoms with Crippen molar-refractivity contribution in [3.05, 3.63) is 59.7 Å². The fourth-order valence-electron chi connectivity index (χ4n) is 4.35. The van der Waals surface area contributed by atoms with E-state index in [1.165, 1.54) is 22.3 Å². The van der Waals surface area contributed by atoms with Crippen LogP contribution in [-0.4, -0.2) is 58.3 Å². The van der Waals surface area contributed by atoms with Crippen LogP contribution in [0.25, 0.3) is 11.1 Å². The standard InChI is InChI=1S/C25H32N2O4/c28-25(27-12-5-15-29-16-17-30-19-10-13-26-14-11-19)31-18-24-22-8-3-1-6-20(22)21-7-2-4-9-23(21)24/h1-4,6-9,19,24,26H,5,10-18H2,(H,27,28). The third-order valence-electron chi connectivity index (χ3n) is 5.95. The molecule has 31 heavy (non-hydrogen) atoms. The summed E-state index contributed by atoms with van der Waals surface area (Å²) < 4.78 is 16.9. The highest BCUT2D eigenvalue weighted by molar-refractivity contribution is 5.79. The van der Waals surface area contributed by atoms with Gasteiger partial charge in [0.25, 0.3) is 0 Å². The molecule has 1 saturated heterocycles. The minimum atomic E-state index is -0.379. The second-order valence-electron chi connectivity index (χ2n) is 8.04. The van der Waals surface area contributed by atoms with Gasteiger partial charge in [0.1, 0.15) is 6.61 Å². The number of carbonyl (C=O) groups excluding carboxylic acids is 1. The molecule has 0 aromatic heterocycles. The zero-order valence-corrected chi connectivity index (χ0v) is 18.0. The molecule has 1 aliphatic carbocycles. The Morgan fingerprint density at radius 3 is 2.32 bits per heavy atom. The van der Waals surface area contributed by atoms with Gasteiger partial charge in [0.2, 0.25) is 0 Å². The molecule has 1 heterocycles. The fourth-order valence-corrected chi connectivity index (χ4v) is 4.35. The lowest BCUT2D eigenvalue weighted by molar-refractivity contribution is -0.00744. The molecule has 6 nitrogen and oxygen atoms in total. The molecule has 2 aliphatic rings. The zero-order chi connectivity index (χ0) is 21.3. The maximum Gasteiger partial charge on any atom is 0.407 e. The van der Waals surface area contributed by atoms with Gasteiger partial charge in [-0.25, -0.2) is 4.79 Å². The molecular weight excluding hydrogens is 392 g/mol. The average molecular weight is 425 g/mol. The maximum atomic E-state index is 12.1. The Morgan fingerprint density at radius 1 is 0.935 bits per heavy atom. The number of nitrogens with one attached hydrogen (secondary N) is 2. The van der Waals surface area contributed by atoms with E-state index >= 15 is 0 Å². The Kier molecular flexibility index (Phi) is 7.93. The van der Waals surface area contributed by atoms with Crippen molar-refractivity contribution in [2.45, 2.75) is 31.3 Å². The molecule has 2 N–H and O–H groups in total. The Morgan fingerprint density at radius 2 is 1.61 bits per heavy atom. The number of benzene rings is 2. The summed E-state index contributed by atoms with van der Waals surface area (Å²) in [5.74, 6) is 0.0847. The molecule has 1 amide bonds. The lowest BCUT2D eigenvalue weighted by Gasteiger charge is -2.22. The van der Waals surface area contributed by atoms with E-state index in [1.807, 2.05) is 24.3 Å². The summed E-state index contributed by atoms with van der Waals surface area (Å²) in [7, 11) is 0. The smallest absolute Gasteiger partial charge is 0.407 e. The Hall–Kier alpha value is -2.41. The van der Waals surface area contributed by atoms with E-state index in [4.69, 9.17) is 14.2 Å². The van der Waals surface area contributed by atoms with Gasteiger partial charge in [-0.1, -0.05) is 48.5 Å². The van der Waals surface area contributed by atoms with E-state index in [0.29, 0.717) is 39.1 Å². The second kappa shape index (κ2) is 11.3. The van der Waals surface area contributed by atoms with Crippen LogP contribution in [0.2, 0.25) is 0 Å². The number of fused-ring (bicyclic) bond motifs is 3.